The molecule has 124 valence electrons. The number of aliphatic imine (C=N–C) groups is 1. The number of anilines is 3. The van der Waals surface area contributed by atoms with Gasteiger partial charge < -0.3 is 21.7 Å². The number of H-pyrrole nitrogens is 1. The van der Waals surface area contributed by atoms with Crippen LogP contribution in [0.5, 0.6) is 0 Å². The zero-order valence-electron chi connectivity index (χ0n) is 12.9. The first-order valence-corrected chi connectivity index (χ1v) is 8.19. The van der Waals surface area contributed by atoms with Gasteiger partial charge in [-0.2, -0.15) is 5.10 Å². The third-order valence-electron chi connectivity index (χ3n) is 3.94. The van der Waals surface area contributed by atoms with E-state index in [9.17, 15) is 0 Å². The van der Waals surface area contributed by atoms with Gasteiger partial charge in [0.2, 0.25) is 0 Å². The minimum atomic E-state index is -0.333. The molecule has 1 aliphatic carbocycles. The topological polar surface area (TPSA) is 103 Å². The lowest BCUT2D eigenvalue weighted by Crippen LogP contribution is -2.39. The van der Waals surface area contributed by atoms with E-state index in [0.717, 1.165) is 22.9 Å². The van der Waals surface area contributed by atoms with Gasteiger partial charge in [-0.25, -0.2) is 4.99 Å². The lowest BCUT2D eigenvalue weighted by Gasteiger charge is -2.24. The number of aromatic amines is 1. The van der Waals surface area contributed by atoms with Gasteiger partial charge in [0.05, 0.1) is 5.03 Å². The third kappa shape index (κ3) is 3.30. The summed E-state index contributed by atoms with van der Waals surface area (Å²) in [7, 11) is 0. The van der Waals surface area contributed by atoms with Crippen molar-refractivity contribution in [2.75, 3.05) is 16.4 Å². The zero-order valence-corrected chi connectivity index (χ0v) is 13.6. The fourth-order valence-corrected chi connectivity index (χ4v) is 2.64. The molecule has 4 rings (SSSR count). The summed E-state index contributed by atoms with van der Waals surface area (Å²) in [4.78, 5) is 4.33. The van der Waals surface area contributed by atoms with Crippen LogP contribution in [0.1, 0.15) is 24.5 Å². The van der Waals surface area contributed by atoms with Gasteiger partial charge in [0.1, 0.15) is 5.82 Å². The lowest BCUT2D eigenvalue weighted by atomic mass is 10.3. The fraction of sp³-hybridized carbons (Fsp3) is 0.250. The number of benzene rings is 1. The summed E-state index contributed by atoms with van der Waals surface area (Å²) in [5.41, 5.74) is 8.49. The normalized spacial score (nSPS) is 20.0. The van der Waals surface area contributed by atoms with Gasteiger partial charge in [0.25, 0.3) is 0 Å². The second kappa shape index (κ2) is 6.09. The molecular weight excluding hydrogens is 326 g/mol. The molecule has 24 heavy (non-hydrogen) atoms. The highest BCUT2D eigenvalue weighted by Gasteiger charge is 2.26. The van der Waals surface area contributed by atoms with E-state index in [2.05, 4.69) is 31.1 Å². The minimum absolute atomic E-state index is 0.333. The van der Waals surface area contributed by atoms with Crippen molar-refractivity contribution in [1.29, 1.82) is 0 Å². The predicted molar refractivity (Wildman–Crippen MR) is 97.0 cm³/mol. The van der Waals surface area contributed by atoms with Crippen LogP contribution < -0.4 is 21.7 Å². The summed E-state index contributed by atoms with van der Waals surface area (Å²) in [5.74, 6) is 2.02. The standard InChI is InChI=1S/C16H18ClN7/c17-12-8-19-16(20-11-5-3-10(18)4-6-11)22-15(12)21-14-7-13(23-24-14)9-1-2-9/h3-9,16,20,22H,1-2,18H2,(H2,21,23,24). The molecule has 1 saturated carbocycles. The Balaban J connectivity index is 1.42. The third-order valence-corrected chi connectivity index (χ3v) is 4.23. The monoisotopic (exact) mass is 343 g/mol. The number of aromatic nitrogens is 2. The Morgan fingerprint density at radius 3 is 2.75 bits per heavy atom. The molecule has 0 radical (unpaired) electrons. The summed E-state index contributed by atoms with van der Waals surface area (Å²) in [5, 5.41) is 17.5. The van der Waals surface area contributed by atoms with Crippen LogP contribution in [0.15, 0.2) is 46.2 Å². The molecule has 0 bridgehead atoms. The molecule has 7 nitrogen and oxygen atoms in total. The van der Waals surface area contributed by atoms with E-state index in [1.54, 1.807) is 6.21 Å². The molecule has 2 aliphatic rings. The number of hydrogen-bond donors (Lipinski definition) is 5. The number of nitrogens with zero attached hydrogens (tertiary/aromatic N) is 2. The van der Waals surface area contributed by atoms with Gasteiger partial charge in [-0.1, -0.05) is 11.6 Å². The predicted octanol–water partition coefficient (Wildman–Crippen LogP) is 2.76. The largest absolute Gasteiger partial charge is 0.399 e. The lowest BCUT2D eigenvalue weighted by molar-refractivity contribution is 0.653. The molecule has 2 aromatic rings. The number of rotatable bonds is 5. The SMILES string of the molecule is Nc1ccc(NC2N=CC(Cl)=C(Nc3cc(C4CC4)[nH]n3)N2)cc1. The van der Waals surface area contributed by atoms with Gasteiger partial charge in [-0.15, -0.1) is 0 Å². The molecular formula is C16H18ClN7. The summed E-state index contributed by atoms with van der Waals surface area (Å²) in [6.07, 6.45) is 3.73. The van der Waals surface area contributed by atoms with Crippen LogP contribution in [0.3, 0.4) is 0 Å². The summed E-state index contributed by atoms with van der Waals surface area (Å²) >= 11 is 6.23. The molecule has 1 aliphatic heterocycles. The van der Waals surface area contributed by atoms with E-state index < -0.39 is 0 Å². The first-order chi connectivity index (χ1) is 11.7. The van der Waals surface area contributed by atoms with Crippen molar-refractivity contribution in [2.45, 2.75) is 25.0 Å². The second-order valence-corrected chi connectivity index (χ2v) is 6.33. The van der Waals surface area contributed by atoms with Crippen molar-refractivity contribution in [2.24, 2.45) is 4.99 Å². The van der Waals surface area contributed by atoms with Crippen molar-refractivity contribution < 1.29 is 0 Å². The fourth-order valence-electron chi connectivity index (χ4n) is 2.49. The second-order valence-electron chi connectivity index (χ2n) is 5.92. The van der Waals surface area contributed by atoms with Crippen molar-refractivity contribution in [3.05, 3.63) is 46.9 Å². The number of nitrogens with two attached hydrogens (primary N) is 1. The zero-order chi connectivity index (χ0) is 16.5. The maximum Gasteiger partial charge on any atom is 0.195 e. The number of allylic oxidation sites excluding steroid dienone is 1. The van der Waals surface area contributed by atoms with E-state index in [4.69, 9.17) is 17.3 Å². The van der Waals surface area contributed by atoms with E-state index in [1.807, 2.05) is 30.3 Å². The van der Waals surface area contributed by atoms with Gasteiger partial charge in [0.15, 0.2) is 12.1 Å². The Labute approximate surface area is 144 Å². The van der Waals surface area contributed by atoms with Crippen LogP contribution in [0, 0.1) is 0 Å². The van der Waals surface area contributed by atoms with E-state index in [1.165, 1.54) is 12.8 Å². The Hall–Kier alpha value is -2.67. The quantitative estimate of drug-likeness (QED) is 0.537. The molecule has 1 unspecified atom stereocenters. The number of hydrogen-bond acceptors (Lipinski definition) is 6. The Bertz CT molecular complexity index is 789. The van der Waals surface area contributed by atoms with Crippen molar-refractivity contribution >= 4 is 35.0 Å². The smallest absolute Gasteiger partial charge is 0.195 e. The van der Waals surface area contributed by atoms with E-state index in [-0.39, 0.29) is 6.29 Å². The summed E-state index contributed by atoms with van der Waals surface area (Å²) in [6, 6.07) is 9.48. The van der Waals surface area contributed by atoms with Crippen LogP contribution >= 0.6 is 11.6 Å². The molecule has 1 aromatic heterocycles. The van der Waals surface area contributed by atoms with Gasteiger partial charge in [-0.05, 0) is 37.1 Å². The average Bonchev–Trinajstić information content (AvgIpc) is 3.33. The van der Waals surface area contributed by atoms with Crippen LogP contribution in [0.25, 0.3) is 0 Å². The highest BCUT2D eigenvalue weighted by Crippen LogP contribution is 2.39. The molecule has 0 saturated heterocycles. The molecule has 1 aromatic carbocycles. The van der Waals surface area contributed by atoms with Crippen LogP contribution in [0.2, 0.25) is 0 Å². The Kier molecular flexibility index (Phi) is 3.78. The summed E-state index contributed by atoms with van der Waals surface area (Å²) in [6.45, 7) is 0. The molecule has 6 N–H and O–H groups in total. The van der Waals surface area contributed by atoms with E-state index in [0.29, 0.717) is 16.8 Å². The first kappa shape index (κ1) is 14.9. The van der Waals surface area contributed by atoms with Gasteiger partial charge in [-0.3, -0.25) is 5.10 Å². The Morgan fingerprint density at radius 2 is 2.00 bits per heavy atom. The maximum absolute atomic E-state index is 6.23. The number of halogens is 1. The molecule has 2 heterocycles. The highest BCUT2D eigenvalue weighted by molar-refractivity contribution is 6.39. The highest BCUT2D eigenvalue weighted by atomic mass is 35.5. The molecule has 0 amide bonds. The number of nitrogens with one attached hydrogen (secondary N) is 4. The van der Waals surface area contributed by atoms with E-state index >= 15 is 0 Å². The van der Waals surface area contributed by atoms with Gasteiger partial charge in [0, 0.05) is 35.3 Å². The van der Waals surface area contributed by atoms with Crippen molar-refractivity contribution in [1.82, 2.24) is 15.5 Å². The summed E-state index contributed by atoms with van der Waals surface area (Å²) < 4.78 is 0. The van der Waals surface area contributed by atoms with Gasteiger partial charge >= 0.3 is 0 Å². The molecule has 0 spiro atoms. The molecule has 8 heteroatoms. The molecule has 1 atom stereocenters. The van der Waals surface area contributed by atoms with Crippen LogP contribution in [-0.4, -0.2) is 22.7 Å². The van der Waals surface area contributed by atoms with Crippen LogP contribution in [-0.2, 0) is 0 Å². The minimum Gasteiger partial charge on any atom is -0.399 e. The Morgan fingerprint density at radius 1 is 1.21 bits per heavy atom. The van der Waals surface area contributed by atoms with Crippen LogP contribution in [0.4, 0.5) is 17.2 Å². The van der Waals surface area contributed by atoms with Crippen molar-refractivity contribution in [3.63, 3.8) is 0 Å². The van der Waals surface area contributed by atoms with Crippen molar-refractivity contribution in [3.8, 4) is 0 Å². The average molecular weight is 344 g/mol. The number of nitrogen functional groups attached to an aromatic ring is 1. The first-order valence-electron chi connectivity index (χ1n) is 7.81. The molecule has 1 fully saturated rings. The maximum atomic E-state index is 6.23.